The van der Waals surface area contributed by atoms with E-state index in [0.717, 1.165) is 22.8 Å². The van der Waals surface area contributed by atoms with Crippen LogP contribution in [-0.4, -0.2) is 11.3 Å². The zero-order valence-corrected chi connectivity index (χ0v) is 7.32. The van der Waals surface area contributed by atoms with Crippen molar-refractivity contribution in [2.45, 2.75) is 6.92 Å². The molecule has 2 rings (SSSR count). The Bertz CT molecular complexity index is 463. The summed E-state index contributed by atoms with van der Waals surface area (Å²) in [5, 5.41) is 1.05. The zero-order chi connectivity index (χ0) is 9.26. The van der Waals surface area contributed by atoms with Crippen LogP contribution in [0.5, 0.6) is 0 Å². The highest BCUT2D eigenvalue weighted by Gasteiger charge is 2.02. The monoisotopic (exact) mass is 171 g/mol. The van der Waals surface area contributed by atoms with Crippen LogP contribution in [0, 0.1) is 6.92 Å². The van der Waals surface area contributed by atoms with Crippen LogP contribution in [-0.2, 0) is 0 Å². The van der Waals surface area contributed by atoms with Gasteiger partial charge in [0, 0.05) is 17.1 Å². The van der Waals surface area contributed by atoms with Crippen LogP contribution in [0.4, 0.5) is 0 Å². The Kier molecular flexibility index (Phi) is 1.81. The van der Waals surface area contributed by atoms with E-state index in [9.17, 15) is 4.79 Å². The third kappa shape index (κ3) is 1.20. The molecule has 0 atom stereocenters. The maximum absolute atomic E-state index is 10.7. The minimum absolute atomic E-state index is 0.654. The average molecular weight is 171 g/mol. The summed E-state index contributed by atoms with van der Waals surface area (Å²) in [6.45, 7) is 2.01. The van der Waals surface area contributed by atoms with Crippen LogP contribution in [0.2, 0.25) is 0 Å². The first-order chi connectivity index (χ1) is 6.33. The van der Waals surface area contributed by atoms with E-state index in [4.69, 9.17) is 0 Å². The summed E-state index contributed by atoms with van der Waals surface area (Å²) in [7, 11) is 0. The van der Waals surface area contributed by atoms with Gasteiger partial charge in [0.1, 0.15) is 0 Å². The summed E-state index contributed by atoms with van der Waals surface area (Å²) in [6.07, 6.45) is 2.55. The number of aldehydes is 1. The molecule has 0 saturated carbocycles. The SMILES string of the molecule is Cc1ccc(C=O)c2ncccc12. The van der Waals surface area contributed by atoms with Crippen molar-refractivity contribution in [2.75, 3.05) is 0 Å². The van der Waals surface area contributed by atoms with E-state index in [1.807, 2.05) is 25.1 Å². The molecule has 0 spiro atoms. The van der Waals surface area contributed by atoms with Gasteiger partial charge in [-0.3, -0.25) is 9.78 Å². The van der Waals surface area contributed by atoms with Crippen LogP contribution >= 0.6 is 0 Å². The molecule has 0 saturated heterocycles. The molecule has 2 heteroatoms. The van der Waals surface area contributed by atoms with Crippen LogP contribution in [0.3, 0.4) is 0 Å². The number of aromatic nitrogens is 1. The fraction of sp³-hybridized carbons (Fsp3) is 0.0909. The van der Waals surface area contributed by atoms with Gasteiger partial charge in [0.05, 0.1) is 5.52 Å². The van der Waals surface area contributed by atoms with E-state index in [0.29, 0.717) is 5.56 Å². The molecular formula is C11H9NO. The summed E-state index contributed by atoms with van der Waals surface area (Å²) in [4.78, 5) is 14.9. The highest BCUT2D eigenvalue weighted by molar-refractivity contribution is 5.96. The van der Waals surface area contributed by atoms with Gasteiger partial charge in [0.25, 0.3) is 0 Å². The van der Waals surface area contributed by atoms with E-state index in [1.54, 1.807) is 12.3 Å². The third-order valence-corrected chi connectivity index (χ3v) is 2.15. The van der Waals surface area contributed by atoms with Crippen molar-refractivity contribution in [3.63, 3.8) is 0 Å². The Morgan fingerprint density at radius 1 is 1.31 bits per heavy atom. The standard InChI is InChI=1S/C11H9NO/c1-8-4-5-9(7-13)11-10(8)3-2-6-12-11/h2-7H,1H3. The Labute approximate surface area is 76.2 Å². The molecule has 1 heterocycles. The number of nitrogens with zero attached hydrogens (tertiary/aromatic N) is 1. The van der Waals surface area contributed by atoms with Crippen molar-refractivity contribution in [2.24, 2.45) is 0 Å². The molecule has 2 nitrogen and oxygen atoms in total. The minimum atomic E-state index is 0.654. The molecule has 0 aliphatic heterocycles. The zero-order valence-electron chi connectivity index (χ0n) is 7.32. The predicted molar refractivity (Wildman–Crippen MR) is 51.9 cm³/mol. The van der Waals surface area contributed by atoms with Gasteiger partial charge in [-0.05, 0) is 24.6 Å². The molecule has 0 fully saturated rings. The van der Waals surface area contributed by atoms with Gasteiger partial charge in [-0.25, -0.2) is 0 Å². The van der Waals surface area contributed by atoms with Crippen LogP contribution in [0.25, 0.3) is 10.9 Å². The second-order valence-corrected chi connectivity index (χ2v) is 2.99. The van der Waals surface area contributed by atoms with Gasteiger partial charge in [-0.15, -0.1) is 0 Å². The fourth-order valence-corrected chi connectivity index (χ4v) is 1.43. The lowest BCUT2D eigenvalue weighted by molar-refractivity contribution is 0.112. The molecular weight excluding hydrogens is 162 g/mol. The summed E-state index contributed by atoms with van der Waals surface area (Å²) in [6, 6.07) is 7.60. The molecule has 0 bridgehead atoms. The molecule has 0 aliphatic rings. The maximum atomic E-state index is 10.7. The van der Waals surface area contributed by atoms with E-state index in [-0.39, 0.29) is 0 Å². The van der Waals surface area contributed by atoms with Crippen molar-refractivity contribution in [1.82, 2.24) is 4.98 Å². The first-order valence-corrected chi connectivity index (χ1v) is 4.12. The Balaban J connectivity index is 2.92. The van der Waals surface area contributed by atoms with Gasteiger partial charge < -0.3 is 0 Å². The molecule has 1 aromatic carbocycles. The fourth-order valence-electron chi connectivity index (χ4n) is 1.43. The molecule has 0 radical (unpaired) electrons. The lowest BCUT2D eigenvalue weighted by Gasteiger charge is -2.02. The summed E-state index contributed by atoms with van der Waals surface area (Å²) < 4.78 is 0. The highest BCUT2D eigenvalue weighted by Crippen LogP contribution is 2.18. The Morgan fingerprint density at radius 3 is 2.92 bits per heavy atom. The molecule has 64 valence electrons. The number of rotatable bonds is 1. The molecule has 13 heavy (non-hydrogen) atoms. The highest BCUT2D eigenvalue weighted by atomic mass is 16.1. The first kappa shape index (κ1) is 7.92. The number of pyridine rings is 1. The maximum Gasteiger partial charge on any atom is 0.152 e. The van der Waals surface area contributed by atoms with Crippen molar-refractivity contribution in [1.29, 1.82) is 0 Å². The Morgan fingerprint density at radius 2 is 2.15 bits per heavy atom. The van der Waals surface area contributed by atoms with Crippen molar-refractivity contribution in [3.8, 4) is 0 Å². The quantitative estimate of drug-likeness (QED) is 0.616. The molecule has 0 amide bonds. The van der Waals surface area contributed by atoms with Gasteiger partial charge in [-0.2, -0.15) is 0 Å². The third-order valence-electron chi connectivity index (χ3n) is 2.15. The largest absolute Gasteiger partial charge is 0.298 e. The number of hydrogen-bond acceptors (Lipinski definition) is 2. The normalized spacial score (nSPS) is 10.2. The lowest BCUT2D eigenvalue weighted by atomic mass is 10.1. The summed E-state index contributed by atoms with van der Waals surface area (Å²) >= 11 is 0. The van der Waals surface area contributed by atoms with E-state index in [2.05, 4.69) is 4.98 Å². The molecule has 0 N–H and O–H groups in total. The molecule has 0 unspecified atom stereocenters. The average Bonchev–Trinajstić information content (AvgIpc) is 2.19. The van der Waals surface area contributed by atoms with Gasteiger partial charge in [-0.1, -0.05) is 12.1 Å². The molecule has 0 aliphatic carbocycles. The number of aryl methyl sites for hydroxylation is 1. The topological polar surface area (TPSA) is 30.0 Å². The summed E-state index contributed by atoms with van der Waals surface area (Å²) in [5.41, 5.74) is 2.59. The van der Waals surface area contributed by atoms with E-state index in [1.165, 1.54) is 0 Å². The number of hydrogen-bond donors (Lipinski definition) is 0. The van der Waals surface area contributed by atoms with Crippen molar-refractivity contribution in [3.05, 3.63) is 41.6 Å². The van der Waals surface area contributed by atoms with Crippen LogP contribution in [0.1, 0.15) is 15.9 Å². The lowest BCUT2D eigenvalue weighted by Crippen LogP contribution is -1.88. The molecule has 2 aromatic rings. The minimum Gasteiger partial charge on any atom is -0.298 e. The van der Waals surface area contributed by atoms with Gasteiger partial charge in [0.2, 0.25) is 0 Å². The smallest absolute Gasteiger partial charge is 0.152 e. The summed E-state index contributed by atoms with van der Waals surface area (Å²) in [5.74, 6) is 0. The number of fused-ring (bicyclic) bond motifs is 1. The van der Waals surface area contributed by atoms with Crippen molar-refractivity contribution >= 4 is 17.2 Å². The van der Waals surface area contributed by atoms with Crippen molar-refractivity contribution < 1.29 is 4.79 Å². The van der Waals surface area contributed by atoms with E-state index >= 15 is 0 Å². The van der Waals surface area contributed by atoms with Crippen LogP contribution in [0.15, 0.2) is 30.5 Å². The molecule has 1 aromatic heterocycles. The number of benzene rings is 1. The second kappa shape index (κ2) is 2.98. The van der Waals surface area contributed by atoms with Crippen LogP contribution < -0.4 is 0 Å². The number of carbonyl (C=O) groups is 1. The van der Waals surface area contributed by atoms with Gasteiger partial charge in [0.15, 0.2) is 6.29 Å². The number of carbonyl (C=O) groups excluding carboxylic acids is 1. The second-order valence-electron chi connectivity index (χ2n) is 2.99. The predicted octanol–water partition coefficient (Wildman–Crippen LogP) is 2.36. The first-order valence-electron chi connectivity index (χ1n) is 4.12. The van der Waals surface area contributed by atoms with E-state index < -0.39 is 0 Å². The van der Waals surface area contributed by atoms with Gasteiger partial charge >= 0.3 is 0 Å². The Hall–Kier alpha value is -1.70.